The smallest absolute Gasteiger partial charge is 0.239 e. The zero-order valence-electron chi connectivity index (χ0n) is 11.7. The number of aliphatic hydroxyl groups excluding tert-OH is 1. The molecule has 2 atom stereocenters. The highest BCUT2D eigenvalue weighted by Gasteiger charge is 2.25. The number of hydrogen-bond acceptors (Lipinski definition) is 5. The van der Waals surface area contributed by atoms with E-state index in [1.165, 1.54) is 0 Å². The molecule has 1 fully saturated rings. The first kappa shape index (κ1) is 13.9. The first-order chi connectivity index (χ1) is 9.11. The van der Waals surface area contributed by atoms with Gasteiger partial charge in [-0.25, -0.2) is 0 Å². The predicted octanol–water partition coefficient (Wildman–Crippen LogP) is 1.66. The van der Waals surface area contributed by atoms with E-state index in [1.54, 1.807) is 0 Å². The van der Waals surface area contributed by atoms with Gasteiger partial charge in [0, 0.05) is 13.1 Å². The Kier molecular flexibility index (Phi) is 4.47. The summed E-state index contributed by atoms with van der Waals surface area (Å²) >= 11 is 0. The van der Waals surface area contributed by atoms with Gasteiger partial charge in [-0.3, -0.25) is 0 Å². The molecule has 0 bridgehead atoms. The van der Waals surface area contributed by atoms with Gasteiger partial charge in [-0.15, -0.1) is 0 Å². The summed E-state index contributed by atoms with van der Waals surface area (Å²) in [4.78, 5) is 6.67. The predicted molar refractivity (Wildman–Crippen MR) is 76.4 cm³/mol. The molecule has 0 aliphatic carbocycles. The van der Waals surface area contributed by atoms with E-state index in [2.05, 4.69) is 16.8 Å². The molecule has 0 amide bonds. The minimum absolute atomic E-state index is 0.208. The topological polar surface area (TPSA) is 71.6 Å². The second-order valence-corrected chi connectivity index (χ2v) is 5.19. The highest BCUT2D eigenvalue weighted by Crippen LogP contribution is 2.26. The van der Waals surface area contributed by atoms with Crippen molar-refractivity contribution in [2.75, 3.05) is 30.3 Å². The molecule has 3 N–H and O–H groups in total. The fourth-order valence-electron chi connectivity index (χ4n) is 2.27. The zero-order chi connectivity index (χ0) is 13.8. The summed E-state index contributed by atoms with van der Waals surface area (Å²) in [5.74, 6) is 1.64. The summed E-state index contributed by atoms with van der Waals surface area (Å²) in [5.41, 5.74) is 6.43. The Labute approximate surface area is 114 Å². The fraction of sp³-hybridized carbons (Fsp3) is 0.643. The van der Waals surface area contributed by atoms with E-state index in [0.717, 1.165) is 31.7 Å². The van der Waals surface area contributed by atoms with Crippen molar-refractivity contribution < 1.29 is 9.84 Å². The van der Waals surface area contributed by atoms with Crippen molar-refractivity contribution in [3.8, 4) is 5.88 Å². The van der Waals surface area contributed by atoms with Crippen LogP contribution in [0.25, 0.3) is 0 Å². The quantitative estimate of drug-likeness (QED) is 0.866. The third-order valence-electron chi connectivity index (χ3n) is 3.50. The van der Waals surface area contributed by atoms with Gasteiger partial charge >= 0.3 is 0 Å². The number of anilines is 2. The van der Waals surface area contributed by atoms with Crippen LogP contribution in [0.2, 0.25) is 0 Å². The van der Waals surface area contributed by atoms with Gasteiger partial charge < -0.3 is 20.5 Å². The van der Waals surface area contributed by atoms with Gasteiger partial charge in [0.2, 0.25) is 5.88 Å². The molecule has 2 heterocycles. The maximum atomic E-state index is 9.77. The molecule has 1 saturated heterocycles. The van der Waals surface area contributed by atoms with Gasteiger partial charge in [0.05, 0.1) is 18.4 Å². The minimum Gasteiger partial charge on any atom is -0.476 e. The molecule has 5 nitrogen and oxygen atoms in total. The van der Waals surface area contributed by atoms with Crippen LogP contribution < -0.4 is 15.4 Å². The molecular weight excluding hydrogens is 242 g/mol. The Morgan fingerprint density at radius 1 is 1.53 bits per heavy atom. The number of rotatable bonds is 4. The molecule has 106 valence electrons. The van der Waals surface area contributed by atoms with E-state index in [-0.39, 0.29) is 12.0 Å². The van der Waals surface area contributed by atoms with Crippen LogP contribution in [-0.4, -0.2) is 35.9 Å². The summed E-state index contributed by atoms with van der Waals surface area (Å²) in [6.07, 6.45) is 1.50. The molecule has 1 aromatic heterocycles. The number of nitrogen functional groups attached to an aromatic ring is 1. The second kappa shape index (κ2) is 6.10. The number of pyridine rings is 1. The maximum absolute atomic E-state index is 9.77. The summed E-state index contributed by atoms with van der Waals surface area (Å²) in [7, 11) is 0. The number of nitrogens with two attached hydrogens (primary N) is 1. The molecule has 0 radical (unpaired) electrons. The molecule has 0 saturated carbocycles. The van der Waals surface area contributed by atoms with Crippen molar-refractivity contribution in [3.05, 3.63) is 12.1 Å². The van der Waals surface area contributed by atoms with Crippen LogP contribution >= 0.6 is 0 Å². The van der Waals surface area contributed by atoms with Crippen LogP contribution in [0.5, 0.6) is 5.88 Å². The average Bonchev–Trinajstić information content (AvgIpc) is 2.41. The third-order valence-corrected chi connectivity index (χ3v) is 3.50. The molecule has 1 aliphatic rings. The van der Waals surface area contributed by atoms with E-state index in [1.807, 2.05) is 19.1 Å². The monoisotopic (exact) mass is 265 g/mol. The molecule has 0 aromatic carbocycles. The zero-order valence-corrected chi connectivity index (χ0v) is 11.7. The van der Waals surface area contributed by atoms with Gasteiger partial charge in [0.15, 0.2) is 0 Å². The maximum Gasteiger partial charge on any atom is 0.239 e. The van der Waals surface area contributed by atoms with Crippen LogP contribution in [0, 0.1) is 5.92 Å². The number of ether oxygens (including phenoxy) is 1. The van der Waals surface area contributed by atoms with E-state index < -0.39 is 0 Å². The van der Waals surface area contributed by atoms with Crippen molar-refractivity contribution in [2.45, 2.75) is 32.8 Å². The minimum atomic E-state index is -0.208. The first-order valence-corrected chi connectivity index (χ1v) is 6.94. The fourth-order valence-corrected chi connectivity index (χ4v) is 2.27. The SMILES string of the molecule is CCCOc1nc(N2CCC(O)C(C)C2)ccc1N. The Hall–Kier alpha value is -1.49. The Morgan fingerprint density at radius 3 is 3.00 bits per heavy atom. The first-order valence-electron chi connectivity index (χ1n) is 6.94. The van der Waals surface area contributed by atoms with Crippen molar-refractivity contribution in [1.29, 1.82) is 0 Å². The molecule has 0 spiro atoms. The standard InChI is InChI=1S/C14H23N3O2/c1-3-8-19-14-11(15)4-5-13(16-14)17-7-6-12(18)10(2)9-17/h4-5,10,12,18H,3,6-9,15H2,1-2H3. The largest absolute Gasteiger partial charge is 0.476 e. The lowest BCUT2D eigenvalue weighted by Gasteiger charge is -2.35. The van der Waals surface area contributed by atoms with Gasteiger partial charge in [-0.1, -0.05) is 13.8 Å². The van der Waals surface area contributed by atoms with Crippen LogP contribution in [0.4, 0.5) is 11.5 Å². The van der Waals surface area contributed by atoms with Crippen LogP contribution in [-0.2, 0) is 0 Å². The molecule has 1 aromatic rings. The summed E-state index contributed by atoms with van der Waals surface area (Å²) < 4.78 is 5.55. The van der Waals surface area contributed by atoms with Gasteiger partial charge in [-0.05, 0) is 30.9 Å². The van der Waals surface area contributed by atoms with Crippen molar-refractivity contribution in [1.82, 2.24) is 4.98 Å². The average molecular weight is 265 g/mol. The molecule has 5 heteroatoms. The lowest BCUT2D eigenvalue weighted by Crippen LogP contribution is -2.42. The summed E-state index contributed by atoms with van der Waals surface area (Å²) in [5, 5.41) is 9.77. The molecule has 2 rings (SSSR count). The molecule has 2 unspecified atom stereocenters. The lowest BCUT2D eigenvalue weighted by molar-refractivity contribution is 0.0968. The van der Waals surface area contributed by atoms with E-state index >= 15 is 0 Å². The Bertz CT molecular complexity index is 425. The van der Waals surface area contributed by atoms with Crippen LogP contribution in [0.3, 0.4) is 0 Å². The van der Waals surface area contributed by atoms with E-state index in [9.17, 15) is 5.11 Å². The highest BCUT2D eigenvalue weighted by molar-refractivity contribution is 5.54. The molecular formula is C14H23N3O2. The number of aromatic nitrogens is 1. The van der Waals surface area contributed by atoms with Crippen molar-refractivity contribution in [2.24, 2.45) is 5.92 Å². The second-order valence-electron chi connectivity index (χ2n) is 5.19. The number of piperidine rings is 1. The Balaban J connectivity index is 2.11. The summed E-state index contributed by atoms with van der Waals surface area (Å²) in [6.45, 7) is 6.35. The van der Waals surface area contributed by atoms with Crippen LogP contribution in [0.15, 0.2) is 12.1 Å². The number of nitrogens with zero attached hydrogens (tertiary/aromatic N) is 2. The van der Waals surface area contributed by atoms with E-state index in [4.69, 9.17) is 10.5 Å². The number of aliphatic hydroxyl groups is 1. The van der Waals surface area contributed by atoms with Gasteiger partial charge in [0.1, 0.15) is 5.82 Å². The normalized spacial score (nSPS) is 23.4. The molecule has 19 heavy (non-hydrogen) atoms. The van der Waals surface area contributed by atoms with Crippen molar-refractivity contribution in [3.63, 3.8) is 0 Å². The number of hydrogen-bond donors (Lipinski definition) is 2. The lowest BCUT2D eigenvalue weighted by atomic mass is 9.97. The van der Waals surface area contributed by atoms with Gasteiger partial charge in [0.25, 0.3) is 0 Å². The van der Waals surface area contributed by atoms with Crippen molar-refractivity contribution >= 4 is 11.5 Å². The highest BCUT2D eigenvalue weighted by atomic mass is 16.5. The van der Waals surface area contributed by atoms with E-state index in [0.29, 0.717) is 18.2 Å². The Morgan fingerprint density at radius 2 is 2.32 bits per heavy atom. The third kappa shape index (κ3) is 3.29. The van der Waals surface area contributed by atoms with Gasteiger partial charge in [-0.2, -0.15) is 4.98 Å². The molecule has 1 aliphatic heterocycles. The van der Waals surface area contributed by atoms with Crippen LogP contribution in [0.1, 0.15) is 26.7 Å². The summed E-state index contributed by atoms with van der Waals surface area (Å²) in [6, 6.07) is 3.75.